The Kier molecular flexibility index (Phi) is 7.01. The maximum Gasteiger partial charge on any atom is 0.257 e. The Balaban J connectivity index is 1.58. The zero-order valence-electron chi connectivity index (χ0n) is 15.1. The highest BCUT2D eigenvalue weighted by Crippen LogP contribution is 2.26. The van der Waals surface area contributed by atoms with Gasteiger partial charge in [-0.1, -0.05) is 47.8 Å². The first kappa shape index (κ1) is 19.6. The molecule has 0 radical (unpaired) electrons. The Bertz CT molecular complexity index is 876. The number of nitrogens with zero attached hydrogens (tertiary/aromatic N) is 1. The van der Waals surface area contributed by atoms with Crippen LogP contribution in [0.1, 0.15) is 36.5 Å². The van der Waals surface area contributed by atoms with Gasteiger partial charge in [-0.05, 0) is 42.8 Å². The summed E-state index contributed by atoms with van der Waals surface area (Å²) in [5.74, 6) is 0.610. The summed E-state index contributed by atoms with van der Waals surface area (Å²) in [5, 5.41) is 5.38. The third kappa shape index (κ3) is 5.65. The number of aromatic nitrogens is 1. The molecule has 0 aliphatic carbocycles. The molecule has 27 heavy (non-hydrogen) atoms. The maximum absolute atomic E-state index is 12.4. The second kappa shape index (κ2) is 9.67. The van der Waals surface area contributed by atoms with Crippen molar-refractivity contribution in [2.45, 2.75) is 26.2 Å². The van der Waals surface area contributed by atoms with Gasteiger partial charge in [0.25, 0.3) is 5.91 Å². The monoisotopic (exact) mass is 444 g/mol. The highest BCUT2D eigenvalue weighted by atomic mass is 79.9. The topological polar surface area (TPSA) is 51.2 Å². The van der Waals surface area contributed by atoms with Gasteiger partial charge in [-0.3, -0.25) is 10.1 Å². The molecular formula is C21H21BrN2O2S. The van der Waals surface area contributed by atoms with E-state index < -0.39 is 0 Å². The van der Waals surface area contributed by atoms with Crippen LogP contribution >= 0.6 is 27.3 Å². The average molecular weight is 445 g/mol. The Labute approximate surface area is 171 Å². The van der Waals surface area contributed by atoms with Crippen molar-refractivity contribution >= 4 is 38.3 Å². The van der Waals surface area contributed by atoms with Crippen LogP contribution in [0.2, 0.25) is 0 Å². The van der Waals surface area contributed by atoms with E-state index in [-0.39, 0.29) is 5.91 Å². The largest absolute Gasteiger partial charge is 0.494 e. The number of ether oxygens (including phenoxy) is 1. The Morgan fingerprint density at radius 1 is 1.11 bits per heavy atom. The summed E-state index contributed by atoms with van der Waals surface area (Å²) < 4.78 is 6.70. The molecule has 3 aromatic rings. The molecule has 0 spiro atoms. The average Bonchev–Trinajstić information content (AvgIpc) is 3.15. The number of hydrogen-bond donors (Lipinski definition) is 1. The molecule has 0 aliphatic rings. The van der Waals surface area contributed by atoms with E-state index in [1.54, 1.807) is 12.1 Å². The molecule has 1 aromatic heterocycles. The lowest BCUT2D eigenvalue weighted by Crippen LogP contribution is -2.11. The van der Waals surface area contributed by atoms with E-state index in [0.717, 1.165) is 34.3 Å². The first-order chi connectivity index (χ1) is 13.2. The predicted octanol–water partition coefficient (Wildman–Crippen LogP) is 6.39. The van der Waals surface area contributed by atoms with Crippen LogP contribution < -0.4 is 10.1 Å². The van der Waals surface area contributed by atoms with Gasteiger partial charge in [0, 0.05) is 21.0 Å². The minimum Gasteiger partial charge on any atom is -0.494 e. The van der Waals surface area contributed by atoms with Gasteiger partial charge in [0.2, 0.25) is 0 Å². The fraction of sp³-hybridized carbons (Fsp3) is 0.238. The fourth-order valence-electron chi connectivity index (χ4n) is 2.50. The van der Waals surface area contributed by atoms with Crippen molar-refractivity contribution in [1.82, 2.24) is 4.98 Å². The summed E-state index contributed by atoms with van der Waals surface area (Å²) in [6.07, 6.45) is 3.38. The number of halogens is 1. The molecule has 1 amide bonds. The zero-order valence-corrected chi connectivity index (χ0v) is 17.5. The van der Waals surface area contributed by atoms with Crippen LogP contribution in [-0.2, 0) is 0 Å². The minimum absolute atomic E-state index is 0.177. The SMILES string of the molecule is CCCCCOc1ccc(C(=O)Nc2nc(-c3ccc(Br)cc3)cs2)cc1. The van der Waals surface area contributed by atoms with Crippen molar-refractivity contribution in [2.75, 3.05) is 11.9 Å². The van der Waals surface area contributed by atoms with Gasteiger partial charge in [0.05, 0.1) is 12.3 Å². The number of carbonyl (C=O) groups excluding carboxylic acids is 1. The van der Waals surface area contributed by atoms with Gasteiger partial charge in [0.1, 0.15) is 5.75 Å². The number of unbranched alkanes of at least 4 members (excludes halogenated alkanes) is 2. The first-order valence-electron chi connectivity index (χ1n) is 8.91. The quantitative estimate of drug-likeness (QED) is 0.409. The standard InChI is InChI=1S/C21H21BrN2O2S/c1-2-3-4-13-26-18-11-7-16(8-12-18)20(25)24-21-23-19(14-27-21)15-5-9-17(22)10-6-15/h5-12,14H,2-4,13H2,1H3,(H,23,24,25). The Morgan fingerprint density at radius 3 is 2.56 bits per heavy atom. The number of hydrogen-bond acceptors (Lipinski definition) is 4. The van der Waals surface area contributed by atoms with Crippen LogP contribution in [0.15, 0.2) is 58.4 Å². The summed E-state index contributed by atoms with van der Waals surface area (Å²) in [7, 11) is 0. The van der Waals surface area contributed by atoms with Gasteiger partial charge in [-0.25, -0.2) is 4.98 Å². The smallest absolute Gasteiger partial charge is 0.257 e. The molecule has 0 saturated heterocycles. The van der Waals surface area contributed by atoms with Gasteiger partial charge in [-0.15, -0.1) is 11.3 Å². The zero-order chi connectivity index (χ0) is 19.1. The van der Waals surface area contributed by atoms with Crippen molar-refractivity contribution in [3.8, 4) is 17.0 Å². The van der Waals surface area contributed by atoms with Crippen molar-refractivity contribution < 1.29 is 9.53 Å². The second-order valence-corrected chi connectivity index (χ2v) is 7.85. The number of rotatable bonds is 8. The molecule has 3 rings (SSSR count). The van der Waals surface area contributed by atoms with Crippen molar-refractivity contribution in [3.63, 3.8) is 0 Å². The van der Waals surface area contributed by atoms with Crippen LogP contribution in [0.3, 0.4) is 0 Å². The van der Waals surface area contributed by atoms with Gasteiger partial charge >= 0.3 is 0 Å². The van der Waals surface area contributed by atoms with Gasteiger partial charge < -0.3 is 4.74 Å². The predicted molar refractivity (Wildman–Crippen MR) is 115 cm³/mol. The summed E-state index contributed by atoms with van der Waals surface area (Å²) in [6, 6.07) is 15.1. The molecule has 4 nitrogen and oxygen atoms in total. The number of amides is 1. The van der Waals surface area contributed by atoms with Crippen molar-refractivity contribution in [3.05, 3.63) is 63.9 Å². The van der Waals surface area contributed by atoms with Gasteiger partial charge in [0.15, 0.2) is 5.13 Å². The molecule has 1 N–H and O–H groups in total. The summed E-state index contributed by atoms with van der Waals surface area (Å²) in [4.78, 5) is 16.9. The molecule has 0 fully saturated rings. The molecule has 2 aromatic carbocycles. The number of carbonyl (C=O) groups is 1. The molecule has 0 aliphatic heterocycles. The van der Waals surface area contributed by atoms with Crippen LogP contribution in [0.25, 0.3) is 11.3 Å². The number of thiazole rings is 1. The van der Waals surface area contributed by atoms with Gasteiger partial charge in [-0.2, -0.15) is 0 Å². The van der Waals surface area contributed by atoms with Crippen molar-refractivity contribution in [2.24, 2.45) is 0 Å². The van der Waals surface area contributed by atoms with Crippen LogP contribution in [0.5, 0.6) is 5.75 Å². The molecule has 140 valence electrons. The lowest BCUT2D eigenvalue weighted by Gasteiger charge is -2.07. The lowest BCUT2D eigenvalue weighted by molar-refractivity contribution is 0.102. The highest BCUT2D eigenvalue weighted by molar-refractivity contribution is 9.10. The normalized spacial score (nSPS) is 10.6. The van der Waals surface area contributed by atoms with Crippen LogP contribution in [0, 0.1) is 0 Å². The molecule has 6 heteroatoms. The lowest BCUT2D eigenvalue weighted by atomic mass is 10.2. The van der Waals surface area contributed by atoms with Crippen molar-refractivity contribution in [1.29, 1.82) is 0 Å². The third-order valence-electron chi connectivity index (χ3n) is 4.00. The highest BCUT2D eigenvalue weighted by Gasteiger charge is 2.10. The molecule has 0 unspecified atom stereocenters. The number of anilines is 1. The molecule has 0 atom stereocenters. The second-order valence-electron chi connectivity index (χ2n) is 6.08. The van der Waals surface area contributed by atoms with Crippen LogP contribution in [0.4, 0.5) is 5.13 Å². The first-order valence-corrected chi connectivity index (χ1v) is 10.6. The Hall–Kier alpha value is -2.18. The Morgan fingerprint density at radius 2 is 1.85 bits per heavy atom. The van der Waals surface area contributed by atoms with E-state index in [0.29, 0.717) is 17.3 Å². The molecular weight excluding hydrogens is 424 g/mol. The molecule has 0 bridgehead atoms. The number of benzene rings is 2. The summed E-state index contributed by atoms with van der Waals surface area (Å²) >= 11 is 4.83. The van der Waals surface area contributed by atoms with E-state index in [4.69, 9.17) is 4.74 Å². The van der Waals surface area contributed by atoms with E-state index >= 15 is 0 Å². The van der Waals surface area contributed by atoms with E-state index in [1.165, 1.54) is 17.8 Å². The summed E-state index contributed by atoms with van der Waals surface area (Å²) in [6.45, 7) is 2.87. The van der Waals surface area contributed by atoms with Crippen LogP contribution in [-0.4, -0.2) is 17.5 Å². The maximum atomic E-state index is 12.4. The fourth-order valence-corrected chi connectivity index (χ4v) is 3.48. The minimum atomic E-state index is -0.177. The van der Waals surface area contributed by atoms with E-state index in [9.17, 15) is 4.79 Å². The third-order valence-corrected chi connectivity index (χ3v) is 5.28. The van der Waals surface area contributed by atoms with E-state index in [2.05, 4.69) is 33.2 Å². The molecule has 1 heterocycles. The summed E-state index contributed by atoms with van der Waals surface area (Å²) in [5.41, 5.74) is 2.44. The molecule has 0 saturated carbocycles. The van der Waals surface area contributed by atoms with E-state index in [1.807, 2.05) is 41.8 Å². The number of nitrogens with one attached hydrogen (secondary N) is 1.